The van der Waals surface area contributed by atoms with Gasteiger partial charge < -0.3 is 0 Å². The van der Waals surface area contributed by atoms with Gasteiger partial charge in [-0.05, 0) is 61.1 Å². The van der Waals surface area contributed by atoms with Crippen LogP contribution in [0.4, 0.5) is 0 Å². The molecule has 0 bridgehead atoms. The average molecular weight is 279 g/mol. The maximum Gasteiger partial charge on any atom is 0.0595 e. The first kappa shape index (κ1) is 13.5. The lowest BCUT2D eigenvalue weighted by molar-refractivity contribution is 0.938. The molecule has 0 nitrogen and oxygen atoms in total. The van der Waals surface area contributed by atoms with Gasteiger partial charge >= 0.3 is 0 Å². The van der Waals surface area contributed by atoms with Crippen LogP contribution in [-0.4, -0.2) is 0 Å². The summed E-state index contributed by atoms with van der Waals surface area (Å²) in [5.41, 5.74) is 5.38. The Balaban J connectivity index is 2.14. The number of hydrogen-bond acceptors (Lipinski definition) is 0. The van der Waals surface area contributed by atoms with Gasteiger partial charge in [-0.2, -0.15) is 0 Å². The second-order valence-corrected chi connectivity index (χ2v) is 5.43. The Kier molecular flexibility index (Phi) is 4.31. The van der Waals surface area contributed by atoms with Crippen molar-refractivity contribution < 1.29 is 0 Å². The molecule has 0 aliphatic rings. The summed E-state index contributed by atoms with van der Waals surface area (Å²) in [6.45, 7) is 4.33. The molecule has 18 heavy (non-hydrogen) atoms. The molecule has 0 fully saturated rings. The highest BCUT2D eigenvalue weighted by Crippen LogP contribution is 2.24. The maximum absolute atomic E-state index is 6.03. The second kappa shape index (κ2) is 5.77. The van der Waals surface area contributed by atoms with Crippen molar-refractivity contribution in [3.05, 3.63) is 68.7 Å². The van der Waals surface area contributed by atoms with Gasteiger partial charge in [0.1, 0.15) is 0 Å². The average Bonchev–Trinajstić information content (AvgIpc) is 2.33. The summed E-state index contributed by atoms with van der Waals surface area (Å²) in [6.07, 6.45) is 2.03. The number of rotatable bonds is 3. The first-order valence-electron chi connectivity index (χ1n) is 6.07. The molecule has 2 aromatic carbocycles. The minimum Gasteiger partial charge on any atom is -0.0827 e. The smallest absolute Gasteiger partial charge is 0.0595 e. The molecule has 0 spiro atoms. The summed E-state index contributed by atoms with van der Waals surface area (Å²) in [4.78, 5) is 0. The van der Waals surface area contributed by atoms with Gasteiger partial charge in [0.25, 0.3) is 0 Å². The van der Waals surface area contributed by atoms with E-state index < -0.39 is 0 Å². The van der Waals surface area contributed by atoms with E-state index in [1.807, 2.05) is 18.2 Å². The van der Waals surface area contributed by atoms with Crippen LogP contribution in [0.1, 0.15) is 22.3 Å². The molecule has 0 aliphatic heterocycles. The van der Waals surface area contributed by atoms with Crippen molar-refractivity contribution in [3.8, 4) is 0 Å². The molecule has 0 amide bonds. The van der Waals surface area contributed by atoms with E-state index in [4.69, 9.17) is 23.2 Å². The predicted octanol–water partition coefficient (Wildman–Crippen LogP) is 5.40. The topological polar surface area (TPSA) is 0 Å². The zero-order valence-corrected chi connectivity index (χ0v) is 12.1. The molecule has 0 saturated carbocycles. The van der Waals surface area contributed by atoms with Crippen molar-refractivity contribution in [1.82, 2.24) is 0 Å². The van der Waals surface area contributed by atoms with Crippen molar-refractivity contribution >= 4 is 23.2 Å². The van der Waals surface area contributed by atoms with Crippen molar-refractivity contribution in [2.75, 3.05) is 0 Å². The van der Waals surface area contributed by atoms with Crippen LogP contribution in [0.15, 0.2) is 36.4 Å². The van der Waals surface area contributed by atoms with Gasteiger partial charge in [-0.15, -0.1) is 0 Å². The molecule has 0 unspecified atom stereocenters. The lowest BCUT2D eigenvalue weighted by atomic mass is 9.96. The van der Waals surface area contributed by atoms with Crippen LogP contribution in [0.2, 0.25) is 10.0 Å². The van der Waals surface area contributed by atoms with Crippen LogP contribution in [0.3, 0.4) is 0 Å². The van der Waals surface area contributed by atoms with E-state index in [9.17, 15) is 0 Å². The minimum absolute atomic E-state index is 0.618. The largest absolute Gasteiger partial charge is 0.0827 e. The lowest BCUT2D eigenvalue weighted by Gasteiger charge is -2.10. The molecule has 0 atom stereocenters. The van der Waals surface area contributed by atoms with Gasteiger partial charge in [-0.3, -0.25) is 0 Å². The second-order valence-electron chi connectivity index (χ2n) is 4.62. The molecular weight excluding hydrogens is 263 g/mol. The molecule has 0 radical (unpaired) electrons. The Bertz CT molecular complexity index is 539. The van der Waals surface area contributed by atoms with Gasteiger partial charge in [-0.1, -0.05) is 47.5 Å². The van der Waals surface area contributed by atoms with Crippen molar-refractivity contribution in [2.45, 2.75) is 26.7 Å². The fourth-order valence-corrected chi connectivity index (χ4v) is 2.53. The molecule has 2 rings (SSSR count). The van der Waals surface area contributed by atoms with Crippen LogP contribution >= 0.6 is 23.2 Å². The molecule has 0 aliphatic carbocycles. The summed E-state index contributed by atoms with van der Waals surface area (Å²) in [5.74, 6) is 0. The fraction of sp³-hybridized carbons (Fsp3) is 0.250. The van der Waals surface area contributed by atoms with Crippen LogP contribution in [-0.2, 0) is 12.8 Å². The van der Waals surface area contributed by atoms with E-state index in [1.54, 1.807) is 0 Å². The van der Waals surface area contributed by atoms with Crippen molar-refractivity contribution in [2.24, 2.45) is 0 Å². The van der Waals surface area contributed by atoms with Gasteiger partial charge in [0.2, 0.25) is 0 Å². The highest BCUT2D eigenvalue weighted by molar-refractivity contribution is 6.42. The van der Waals surface area contributed by atoms with Crippen molar-refractivity contribution in [1.29, 1.82) is 0 Å². The first-order valence-corrected chi connectivity index (χ1v) is 6.82. The SMILES string of the molecule is Cc1cccc(C)c1CCc1ccc(Cl)c(Cl)c1. The predicted molar refractivity (Wildman–Crippen MR) is 79.8 cm³/mol. The maximum atomic E-state index is 6.03. The van der Waals surface area contributed by atoms with E-state index in [1.165, 1.54) is 22.3 Å². The highest BCUT2D eigenvalue weighted by atomic mass is 35.5. The summed E-state index contributed by atoms with van der Waals surface area (Å²) >= 11 is 11.9. The molecule has 0 N–H and O–H groups in total. The summed E-state index contributed by atoms with van der Waals surface area (Å²) in [7, 11) is 0. The third kappa shape index (κ3) is 3.07. The number of aryl methyl sites for hydroxylation is 3. The molecule has 0 saturated heterocycles. The van der Waals surface area contributed by atoms with E-state index >= 15 is 0 Å². The number of hydrogen-bond donors (Lipinski definition) is 0. The molecule has 0 heterocycles. The van der Waals surface area contributed by atoms with Gasteiger partial charge in [0, 0.05) is 0 Å². The molecule has 0 aromatic heterocycles. The summed E-state index contributed by atoms with van der Waals surface area (Å²) in [6, 6.07) is 12.3. The van der Waals surface area contributed by atoms with E-state index in [0.717, 1.165) is 12.8 Å². The summed E-state index contributed by atoms with van der Waals surface area (Å²) < 4.78 is 0. The van der Waals surface area contributed by atoms with Gasteiger partial charge in [-0.25, -0.2) is 0 Å². The Morgan fingerprint density at radius 2 is 1.50 bits per heavy atom. The fourth-order valence-electron chi connectivity index (χ4n) is 2.21. The number of benzene rings is 2. The Morgan fingerprint density at radius 3 is 2.11 bits per heavy atom. The van der Waals surface area contributed by atoms with E-state index in [-0.39, 0.29) is 0 Å². The standard InChI is InChI=1S/C16H16Cl2/c1-11-4-3-5-12(2)14(11)8-6-13-7-9-15(17)16(18)10-13/h3-5,7,9-10H,6,8H2,1-2H3. The Morgan fingerprint density at radius 1 is 0.833 bits per heavy atom. The van der Waals surface area contributed by atoms with Crippen LogP contribution in [0.5, 0.6) is 0 Å². The Labute approximate surface area is 119 Å². The third-order valence-corrected chi connectivity index (χ3v) is 4.03. The molecular formula is C16H16Cl2. The van der Waals surface area contributed by atoms with Gasteiger partial charge in [0.15, 0.2) is 0 Å². The van der Waals surface area contributed by atoms with Gasteiger partial charge in [0.05, 0.1) is 10.0 Å². The Hall–Kier alpha value is -0.980. The summed E-state index contributed by atoms with van der Waals surface area (Å²) in [5, 5.41) is 1.25. The quantitative estimate of drug-likeness (QED) is 0.706. The van der Waals surface area contributed by atoms with E-state index in [2.05, 4.69) is 32.0 Å². The molecule has 2 heteroatoms. The number of halogens is 2. The molecule has 2 aromatic rings. The zero-order chi connectivity index (χ0) is 13.1. The first-order chi connectivity index (χ1) is 8.58. The van der Waals surface area contributed by atoms with E-state index in [0.29, 0.717) is 10.0 Å². The minimum atomic E-state index is 0.618. The lowest BCUT2D eigenvalue weighted by Crippen LogP contribution is -1.97. The monoisotopic (exact) mass is 278 g/mol. The zero-order valence-electron chi connectivity index (χ0n) is 10.6. The third-order valence-electron chi connectivity index (χ3n) is 3.29. The molecule has 94 valence electrons. The normalized spacial score (nSPS) is 10.7. The van der Waals surface area contributed by atoms with Crippen molar-refractivity contribution in [3.63, 3.8) is 0 Å². The highest BCUT2D eigenvalue weighted by Gasteiger charge is 2.04. The van der Waals surface area contributed by atoms with Crippen LogP contribution < -0.4 is 0 Å². The van der Waals surface area contributed by atoms with Crippen LogP contribution in [0, 0.1) is 13.8 Å². The van der Waals surface area contributed by atoms with Crippen LogP contribution in [0.25, 0.3) is 0 Å².